The van der Waals surface area contributed by atoms with Crippen LogP contribution in [0.4, 0.5) is 0 Å². The van der Waals surface area contributed by atoms with Crippen LogP contribution in [0.5, 0.6) is 0 Å². The first kappa shape index (κ1) is 14.6. The van der Waals surface area contributed by atoms with E-state index in [1.165, 1.54) is 16.7 Å². The van der Waals surface area contributed by atoms with Crippen LogP contribution in [0.3, 0.4) is 0 Å². The summed E-state index contributed by atoms with van der Waals surface area (Å²) in [5.41, 5.74) is 3.86. The molecule has 0 radical (unpaired) electrons. The van der Waals surface area contributed by atoms with Crippen molar-refractivity contribution < 1.29 is 0 Å². The number of nitrogens with one attached hydrogen (secondary N) is 1. The lowest BCUT2D eigenvalue weighted by atomic mass is 9.98. The molecule has 0 saturated carbocycles. The summed E-state index contributed by atoms with van der Waals surface area (Å²) in [6.07, 6.45) is 0.957. The van der Waals surface area contributed by atoms with Gasteiger partial charge in [0.05, 0.1) is 0 Å². The molecule has 100 valence electrons. The zero-order valence-corrected chi connectivity index (χ0v) is 13.4. The lowest BCUT2D eigenvalue weighted by Crippen LogP contribution is -2.19. The van der Waals surface area contributed by atoms with E-state index in [9.17, 15) is 0 Å². The Morgan fingerprint density at radius 2 is 2.00 bits per heavy atom. The van der Waals surface area contributed by atoms with Crippen molar-refractivity contribution in [3.8, 4) is 0 Å². The molecule has 1 nitrogen and oxygen atoms in total. The number of benzene rings is 2. The SMILES string of the molecule is CNC(Cc1cccc(C)c1)c1ccc(Cl)cc1Br. The van der Waals surface area contributed by atoms with Crippen molar-refractivity contribution in [3.05, 3.63) is 68.7 Å². The maximum atomic E-state index is 6.00. The van der Waals surface area contributed by atoms with Crippen LogP contribution in [-0.2, 0) is 6.42 Å². The Balaban J connectivity index is 2.25. The highest BCUT2D eigenvalue weighted by atomic mass is 79.9. The van der Waals surface area contributed by atoms with Crippen LogP contribution in [0, 0.1) is 6.92 Å². The molecule has 0 amide bonds. The fraction of sp³-hybridized carbons (Fsp3) is 0.250. The van der Waals surface area contributed by atoms with Crippen LogP contribution in [0.15, 0.2) is 46.9 Å². The molecule has 0 heterocycles. The van der Waals surface area contributed by atoms with Gasteiger partial charge in [-0.05, 0) is 43.7 Å². The van der Waals surface area contributed by atoms with Gasteiger partial charge < -0.3 is 5.32 Å². The molecule has 0 aliphatic rings. The van der Waals surface area contributed by atoms with Gasteiger partial charge in [0, 0.05) is 15.5 Å². The second kappa shape index (κ2) is 6.56. The molecule has 0 aliphatic heterocycles. The fourth-order valence-corrected chi connectivity index (χ4v) is 3.19. The number of rotatable bonds is 4. The Kier molecular flexibility index (Phi) is 5.03. The summed E-state index contributed by atoms with van der Waals surface area (Å²) in [5.74, 6) is 0. The van der Waals surface area contributed by atoms with E-state index in [0.717, 1.165) is 15.9 Å². The molecular weight excluding hydrogens is 322 g/mol. The van der Waals surface area contributed by atoms with Crippen LogP contribution < -0.4 is 5.32 Å². The summed E-state index contributed by atoms with van der Waals surface area (Å²) >= 11 is 9.59. The normalized spacial score (nSPS) is 12.4. The number of hydrogen-bond donors (Lipinski definition) is 1. The average Bonchev–Trinajstić information content (AvgIpc) is 2.37. The van der Waals surface area contributed by atoms with Crippen molar-refractivity contribution in [1.29, 1.82) is 0 Å². The molecule has 2 aromatic rings. The van der Waals surface area contributed by atoms with Crippen LogP contribution in [0.1, 0.15) is 22.7 Å². The molecule has 2 aromatic carbocycles. The summed E-state index contributed by atoms with van der Waals surface area (Å²) in [6, 6.07) is 14.8. The number of likely N-dealkylation sites (N-methyl/N-ethyl adjacent to an activating group) is 1. The first-order valence-corrected chi connectivity index (χ1v) is 7.45. The molecular formula is C16H17BrClN. The number of halogens is 2. The second-order valence-electron chi connectivity index (χ2n) is 4.70. The molecule has 2 rings (SSSR count). The van der Waals surface area contributed by atoms with E-state index >= 15 is 0 Å². The lowest BCUT2D eigenvalue weighted by molar-refractivity contribution is 0.589. The number of aryl methyl sites for hydroxylation is 1. The average molecular weight is 339 g/mol. The van der Waals surface area contributed by atoms with E-state index in [-0.39, 0.29) is 6.04 Å². The highest BCUT2D eigenvalue weighted by molar-refractivity contribution is 9.10. The molecule has 0 saturated heterocycles. The first-order chi connectivity index (χ1) is 9.10. The predicted octanol–water partition coefficient (Wildman–Crippen LogP) is 4.91. The summed E-state index contributed by atoms with van der Waals surface area (Å²) in [7, 11) is 1.99. The zero-order chi connectivity index (χ0) is 13.8. The minimum Gasteiger partial charge on any atom is -0.313 e. The maximum absolute atomic E-state index is 6.00. The first-order valence-electron chi connectivity index (χ1n) is 6.28. The molecule has 1 unspecified atom stereocenters. The maximum Gasteiger partial charge on any atom is 0.0417 e. The Morgan fingerprint density at radius 1 is 1.21 bits per heavy atom. The second-order valence-corrected chi connectivity index (χ2v) is 5.99. The van der Waals surface area contributed by atoms with Crippen molar-refractivity contribution in [2.24, 2.45) is 0 Å². The van der Waals surface area contributed by atoms with Crippen molar-refractivity contribution in [2.75, 3.05) is 7.05 Å². The molecule has 3 heteroatoms. The zero-order valence-electron chi connectivity index (χ0n) is 11.1. The van der Waals surface area contributed by atoms with Crippen molar-refractivity contribution in [3.63, 3.8) is 0 Å². The van der Waals surface area contributed by atoms with Gasteiger partial charge in [0.25, 0.3) is 0 Å². The van der Waals surface area contributed by atoms with Gasteiger partial charge in [-0.25, -0.2) is 0 Å². The van der Waals surface area contributed by atoms with Gasteiger partial charge in [-0.1, -0.05) is 63.4 Å². The van der Waals surface area contributed by atoms with E-state index in [0.29, 0.717) is 0 Å². The van der Waals surface area contributed by atoms with Crippen molar-refractivity contribution in [1.82, 2.24) is 5.32 Å². The van der Waals surface area contributed by atoms with Crippen LogP contribution in [0.25, 0.3) is 0 Å². The Labute approximate surface area is 128 Å². The molecule has 1 atom stereocenters. The Bertz CT molecular complexity index is 568. The molecule has 0 aromatic heterocycles. The van der Waals surface area contributed by atoms with Gasteiger partial charge in [0.2, 0.25) is 0 Å². The quantitative estimate of drug-likeness (QED) is 0.835. The molecule has 0 aliphatic carbocycles. The van der Waals surface area contributed by atoms with Crippen LogP contribution in [-0.4, -0.2) is 7.05 Å². The van der Waals surface area contributed by atoms with Gasteiger partial charge in [0.1, 0.15) is 0 Å². The summed E-state index contributed by atoms with van der Waals surface area (Å²) in [6.45, 7) is 2.12. The van der Waals surface area contributed by atoms with E-state index in [1.807, 2.05) is 19.2 Å². The summed E-state index contributed by atoms with van der Waals surface area (Å²) in [4.78, 5) is 0. The van der Waals surface area contributed by atoms with Gasteiger partial charge in [-0.15, -0.1) is 0 Å². The fourth-order valence-electron chi connectivity index (χ4n) is 2.23. The number of hydrogen-bond acceptors (Lipinski definition) is 1. The highest BCUT2D eigenvalue weighted by Gasteiger charge is 2.13. The van der Waals surface area contributed by atoms with Crippen molar-refractivity contribution >= 4 is 27.5 Å². The topological polar surface area (TPSA) is 12.0 Å². The largest absolute Gasteiger partial charge is 0.313 e. The van der Waals surface area contributed by atoms with Gasteiger partial charge in [0.15, 0.2) is 0 Å². The third-order valence-electron chi connectivity index (χ3n) is 3.21. The van der Waals surface area contributed by atoms with E-state index in [4.69, 9.17) is 11.6 Å². The van der Waals surface area contributed by atoms with E-state index in [1.54, 1.807) is 0 Å². The highest BCUT2D eigenvalue weighted by Crippen LogP contribution is 2.28. The van der Waals surface area contributed by atoms with Gasteiger partial charge in [-0.3, -0.25) is 0 Å². The molecule has 19 heavy (non-hydrogen) atoms. The van der Waals surface area contributed by atoms with E-state index in [2.05, 4.69) is 58.5 Å². The van der Waals surface area contributed by atoms with Crippen molar-refractivity contribution in [2.45, 2.75) is 19.4 Å². The minimum atomic E-state index is 0.272. The Morgan fingerprint density at radius 3 is 2.63 bits per heavy atom. The third kappa shape index (κ3) is 3.82. The molecule has 0 bridgehead atoms. The minimum absolute atomic E-state index is 0.272. The summed E-state index contributed by atoms with van der Waals surface area (Å²) in [5, 5.41) is 4.12. The monoisotopic (exact) mass is 337 g/mol. The third-order valence-corrected chi connectivity index (χ3v) is 4.13. The molecule has 1 N–H and O–H groups in total. The molecule has 0 fully saturated rings. The predicted molar refractivity (Wildman–Crippen MR) is 85.8 cm³/mol. The van der Waals surface area contributed by atoms with Gasteiger partial charge >= 0.3 is 0 Å². The van der Waals surface area contributed by atoms with Crippen LogP contribution in [0.2, 0.25) is 5.02 Å². The molecule has 0 spiro atoms. The Hall–Kier alpha value is -0.830. The lowest BCUT2D eigenvalue weighted by Gasteiger charge is -2.18. The smallest absolute Gasteiger partial charge is 0.0417 e. The summed E-state index contributed by atoms with van der Waals surface area (Å²) < 4.78 is 1.05. The van der Waals surface area contributed by atoms with Crippen LogP contribution >= 0.6 is 27.5 Å². The van der Waals surface area contributed by atoms with Gasteiger partial charge in [-0.2, -0.15) is 0 Å². The van der Waals surface area contributed by atoms with E-state index < -0.39 is 0 Å². The standard InChI is InChI=1S/C16H17BrClN/c1-11-4-3-5-12(8-11)9-16(19-2)14-7-6-13(18)10-15(14)17/h3-8,10,16,19H,9H2,1-2H3.